The van der Waals surface area contributed by atoms with Crippen molar-refractivity contribution in [3.8, 4) is 5.75 Å². The van der Waals surface area contributed by atoms with E-state index in [-0.39, 0.29) is 17.5 Å². The van der Waals surface area contributed by atoms with E-state index in [1.54, 1.807) is 60.7 Å². The number of fused-ring (bicyclic) bond motifs is 2. The monoisotopic (exact) mass is 449 g/mol. The number of carbonyl (C=O) groups is 3. The molecular formula is C23H16BrNO4. The first kappa shape index (κ1) is 19.1. The molecule has 0 saturated heterocycles. The number of benzene rings is 3. The van der Waals surface area contributed by atoms with Gasteiger partial charge in [0.15, 0.2) is 11.6 Å². The first-order valence-corrected chi connectivity index (χ1v) is 9.85. The number of carbonyl (C=O) groups excluding carboxylic acids is 3. The van der Waals surface area contributed by atoms with Crippen LogP contribution in [0.4, 0.5) is 5.69 Å². The highest BCUT2D eigenvalue weighted by molar-refractivity contribution is 9.10. The number of hydrogen-bond acceptors (Lipinski definition) is 4. The summed E-state index contributed by atoms with van der Waals surface area (Å²) >= 11 is 3.39. The summed E-state index contributed by atoms with van der Waals surface area (Å²) in [7, 11) is 0. The second-order valence-corrected chi connectivity index (χ2v) is 7.35. The van der Waals surface area contributed by atoms with Crippen molar-refractivity contribution < 1.29 is 19.1 Å². The third-order valence-corrected chi connectivity index (χ3v) is 5.30. The largest absolute Gasteiger partial charge is 0.493 e. The maximum Gasteiger partial charge on any atom is 0.255 e. The molecule has 0 bridgehead atoms. The van der Waals surface area contributed by atoms with Crippen LogP contribution in [0, 0.1) is 0 Å². The fourth-order valence-corrected chi connectivity index (χ4v) is 3.79. The minimum absolute atomic E-state index is 0.191. The van der Waals surface area contributed by atoms with Crippen LogP contribution in [0.1, 0.15) is 49.1 Å². The number of ether oxygens (including phenoxy) is 1. The summed E-state index contributed by atoms with van der Waals surface area (Å²) in [6, 6.07) is 16.6. The van der Waals surface area contributed by atoms with Crippen molar-refractivity contribution >= 4 is 39.1 Å². The molecule has 0 atom stereocenters. The maximum absolute atomic E-state index is 12.8. The van der Waals surface area contributed by atoms with Crippen molar-refractivity contribution in [1.82, 2.24) is 0 Å². The topological polar surface area (TPSA) is 72.5 Å². The van der Waals surface area contributed by atoms with Crippen LogP contribution in [-0.2, 0) is 0 Å². The molecule has 0 heterocycles. The Hall–Kier alpha value is -3.25. The zero-order valence-electron chi connectivity index (χ0n) is 15.5. The average molecular weight is 450 g/mol. The Morgan fingerprint density at radius 1 is 0.897 bits per heavy atom. The van der Waals surface area contributed by atoms with Gasteiger partial charge in [0.1, 0.15) is 5.75 Å². The lowest BCUT2D eigenvalue weighted by atomic mass is 9.84. The predicted octanol–water partition coefficient (Wildman–Crippen LogP) is 4.88. The first-order valence-electron chi connectivity index (χ1n) is 9.05. The molecule has 0 aromatic heterocycles. The molecule has 144 valence electrons. The van der Waals surface area contributed by atoms with Crippen LogP contribution >= 0.6 is 15.9 Å². The number of anilines is 1. The van der Waals surface area contributed by atoms with Crippen molar-refractivity contribution in [3.63, 3.8) is 0 Å². The highest BCUT2D eigenvalue weighted by Crippen LogP contribution is 2.30. The van der Waals surface area contributed by atoms with Gasteiger partial charge >= 0.3 is 0 Å². The van der Waals surface area contributed by atoms with Gasteiger partial charge in [0.05, 0.1) is 11.1 Å². The number of nitrogens with one attached hydrogen (secondary N) is 1. The molecule has 0 unspecified atom stereocenters. The predicted molar refractivity (Wildman–Crippen MR) is 113 cm³/mol. The second kappa shape index (κ2) is 7.64. The summed E-state index contributed by atoms with van der Waals surface area (Å²) < 4.78 is 6.13. The van der Waals surface area contributed by atoms with Gasteiger partial charge in [-0.15, -0.1) is 0 Å². The Kier molecular flexibility index (Phi) is 5.03. The molecule has 3 aromatic carbocycles. The second-order valence-electron chi connectivity index (χ2n) is 6.50. The Bertz CT molecular complexity index is 1170. The van der Waals surface area contributed by atoms with Gasteiger partial charge in [-0.25, -0.2) is 0 Å². The smallest absolute Gasteiger partial charge is 0.255 e. The van der Waals surface area contributed by atoms with Crippen LogP contribution in [0.3, 0.4) is 0 Å². The molecule has 5 nitrogen and oxygen atoms in total. The third kappa shape index (κ3) is 3.47. The standard InChI is InChI=1S/C23H16BrNO4/c1-2-29-20-10-7-13(11-19(20)24)23(28)25-14-8-9-17-18(12-14)22(27)16-6-4-3-5-15(16)21(17)26/h3-12H,2H2,1H3,(H,25,28). The van der Waals surface area contributed by atoms with Gasteiger partial charge in [-0.3, -0.25) is 14.4 Å². The molecular weight excluding hydrogens is 434 g/mol. The van der Waals surface area contributed by atoms with Crippen LogP contribution in [0.5, 0.6) is 5.75 Å². The maximum atomic E-state index is 12.8. The van der Waals surface area contributed by atoms with Crippen molar-refractivity contribution in [2.24, 2.45) is 0 Å². The molecule has 0 radical (unpaired) electrons. The molecule has 4 rings (SSSR count). The van der Waals surface area contributed by atoms with Gasteiger partial charge in [0, 0.05) is 33.5 Å². The Labute approximate surface area is 175 Å². The molecule has 0 aliphatic heterocycles. The van der Waals surface area contributed by atoms with Gasteiger partial charge in [0.25, 0.3) is 5.91 Å². The number of halogens is 1. The van der Waals surface area contributed by atoms with Crippen LogP contribution in [-0.4, -0.2) is 24.1 Å². The van der Waals surface area contributed by atoms with Crippen LogP contribution in [0.2, 0.25) is 0 Å². The Morgan fingerprint density at radius 2 is 1.55 bits per heavy atom. The summed E-state index contributed by atoms with van der Waals surface area (Å²) in [5.41, 5.74) is 2.30. The van der Waals surface area contributed by atoms with Crippen molar-refractivity contribution in [2.75, 3.05) is 11.9 Å². The van der Waals surface area contributed by atoms with E-state index in [1.807, 2.05) is 6.92 Å². The normalized spacial score (nSPS) is 12.2. The molecule has 29 heavy (non-hydrogen) atoms. The van der Waals surface area contributed by atoms with Crippen LogP contribution in [0.25, 0.3) is 0 Å². The Balaban J connectivity index is 1.61. The molecule has 0 saturated carbocycles. The lowest BCUT2D eigenvalue weighted by Crippen LogP contribution is -2.21. The van der Waals surface area contributed by atoms with E-state index < -0.39 is 0 Å². The molecule has 0 fully saturated rings. The lowest BCUT2D eigenvalue weighted by Gasteiger charge is -2.18. The third-order valence-electron chi connectivity index (χ3n) is 4.68. The number of hydrogen-bond donors (Lipinski definition) is 1. The van der Waals surface area contributed by atoms with Gasteiger partial charge in [-0.2, -0.15) is 0 Å². The molecule has 0 spiro atoms. The van der Waals surface area contributed by atoms with Gasteiger partial charge in [-0.05, 0) is 59.3 Å². The van der Waals surface area contributed by atoms with E-state index in [9.17, 15) is 14.4 Å². The summed E-state index contributed by atoms with van der Waals surface area (Å²) in [6.07, 6.45) is 0. The summed E-state index contributed by atoms with van der Waals surface area (Å²) in [6.45, 7) is 2.41. The number of rotatable bonds is 4. The molecule has 1 amide bonds. The van der Waals surface area contributed by atoms with Crippen molar-refractivity contribution in [2.45, 2.75) is 6.92 Å². The summed E-state index contributed by atoms with van der Waals surface area (Å²) in [4.78, 5) is 38.1. The fourth-order valence-electron chi connectivity index (χ4n) is 3.30. The Morgan fingerprint density at radius 3 is 2.21 bits per heavy atom. The molecule has 1 N–H and O–H groups in total. The van der Waals surface area contributed by atoms with Crippen molar-refractivity contribution in [3.05, 3.63) is 93.0 Å². The fraction of sp³-hybridized carbons (Fsp3) is 0.0870. The van der Waals surface area contributed by atoms with Gasteiger partial charge < -0.3 is 10.1 Å². The number of ketones is 2. The first-order chi connectivity index (χ1) is 14.0. The molecule has 1 aliphatic rings. The summed E-state index contributed by atoms with van der Waals surface area (Å²) in [5.74, 6) is -0.0945. The van der Waals surface area contributed by atoms with E-state index in [4.69, 9.17) is 4.74 Å². The zero-order chi connectivity index (χ0) is 20.5. The quantitative estimate of drug-likeness (QED) is 0.481. The van der Waals surface area contributed by atoms with E-state index >= 15 is 0 Å². The number of amides is 1. The minimum atomic E-state index is -0.330. The van der Waals surface area contributed by atoms with Crippen molar-refractivity contribution in [1.29, 1.82) is 0 Å². The lowest BCUT2D eigenvalue weighted by molar-refractivity contribution is 0.0979. The highest BCUT2D eigenvalue weighted by Gasteiger charge is 2.29. The van der Waals surface area contributed by atoms with Crippen LogP contribution < -0.4 is 10.1 Å². The average Bonchev–Trinajstić information content (AvgIpc) is 2.73. The van der Waals surface area contributed by atoms with E-state index in [1.165, 1.54) is 0 Å². The molecule has 3 aromatic rings. The van der Waals surface area contributed by atoms with Crippen LogP contribution in [0.15, 0.2) is 65.1 Å². The van der Waals surface area contributed by atoms with Gasteiger partial charge in [-0.1, -0.05) is 24.3 Å². The molecule has 1 aliphatic carbocycles. The molecule has 6 heteroatoms. The van der Waals surface area contributed by atoms with E-state index in [0.717, 1.165) is 0 Å². The van der Waals surface area contributed by atoms with E-state index in [2.05, 4.69) is 21.2 Å². The minimum Gasteiger partial charge on any atom is -0.493 e. The van der Waals surface area contributed by atoms with E-state index in [0.29, 0.717) is 50.3 Å². The summed E-state index contributed by atoms with van der Waals surface area (Å²) in [5, 5.41) is 2.78. The van der Waals surface area contributed by atoms with Gasteiger partial charge in [0.2, 0.25) is 0 Å². The highest BCUT2D eigenvalue weighted by atomic mass is 79.9. The SMILES string of the molecule is CCOc1ccc(C(=O)Nc2ccc3c(c2)C(=O)c2ccccc2C3=O)cc1Br. The zero-order valence-corrected chi connectivity index (χ0v) is 17.1.